The van der Waals surface area contributed by atoms with Crippen LogP contribution in [0.1, 0.15) is 27.5 Å². The van der Waals surface area contributed by atoms with Gasteiger partial charge in [0.05, 0.1) is 11.0 Å². The first-order chi connectivity index (χ1) is 12.0. The molecule has 1 heterocycles. The number of amides is 1. The van der Waals surface area contributed by atoms with Gasteiger partial charge in [-0.25, -0.2) is 0 Å². The summed E-state index contributed by atoms with van der Waals surface area (Å²) in [6, 6.07) is 11.7. The second kappa shape index (κ2) is 8.49. The van der Waals surface area contributed by atoms with E-state index < -0.39 is 4.92 Å². The SMILES string of the molecule is Cc1cc(C(=O)N2CCNCC2c2ccccc2Cl)cc([N+](=O)[O-])c1.Cl. The standard InChI is InChI=1S/C18H18ClN3O3.ClH/c1-12-8-13(10-14(9-12)22(24)25)18(23)21-7-6-20-11-17(21)15-4-2-3-5-16(15)19;/h2-5,8-10,17,20H,6-7,11H2,1H3;1H. The van der Waals surface area contributed by atoms with Gasteiger partial charge in [0.25, 0.3) is 11.6 Å². The van der Waals surface area contributed by atoms with Crippen molar-refractivity contribution in [2.24, 2.45) is 0 Å². The topological polar surface area (TPSA) is 75.5 Å². The fraction of sp³-hybridized carbons (Fsp3) is 0.278. The Hall–Kier alpha value is -2.15. The minimum Gasteiger partial charge on any atom is -0.329 e. The number of rotatable bonds is 3. The number of hydrogen-bond donors (Lipinski definition) is 1. The van der Waals surface area contributed by atoms with Gasteiger partial charge in [0.2, 0.25) is 0 Å². The highest BCUT2D eigenvalue weighted by molar-refractivity contribution is 6.31. The van der Waals surface area contributed by atoms with Crippen LogP contribution in [0.3, 0.4) is 0 Å². The zero-order valence-corrected chi connectivity index (χ0v) is 15.7. The lowest BCUT2D eigenvalue weighted by atomic mass is 10.0. The molecule has 1 unspecified atom stereocenters. The van der Waals surface area contributed by atoms with Crippen molar-refractivity contribution in [3.05, 3.63) is 74.3 Å². The van der Waals surface area contributed by atoms with Gasteiger partial charge in [-0.1, -0.05) is 29.8 Å². The molecule has 0 aliphatic carbocycles. The third kappa shape index (κ3) is 4.15. The molecule has 2 aromatic rings. The van der Waals surface area contributed by atoms with Crippen molar-refractivity contribution in [3.63, 3.8) is 0 Å². The number of hydrogen-bond acceptors (Lipinski definition) is 4. The van der Waals surface area contributed by atoms with Gasteiger partial charge in [-0.05, 0) is 30.2 Å². The van der Waals surface area contributed by atoms with E-state index in [0.29, 0.717) is 35.8 Å². The lowest BCUT2D eigenvalue weighted by molar-refractivity contribution is -0.384. The van der Waals surface area contributed by atoms with Crippen molar-refractivity contribution in [2.45, 2.75) is 13.0 Å². The third-order valence-corrected chi connectivity index (χ3v) is 4.63. The second-order valence-electron chi connectivity index (χ2n) is 6.05. The zero-order chi connectivity index (χ0) is 18.0. The number of halogens is 2. The van der Waals surface area contributed by atoms with Crippen molar-refractivity contribution in [1.29, 1.82) is 0 Å². The van der Waals surface area contributed by atoms with Gasteiger partial charge in [-0.2, -0.15) is 0 Å². The van der Waals surface area contributed by atoms with Crippen molar-refractivity contribution >= 4 is 35.6 Å². The number of piperazine rings is 1. The van der Waals surface area contributed by atoms with Gasteiger partial charge in [-0.3, -0.25) is 14.9 Å². The third-order valence-electron chi connectivity index (χ3n) is 4.29. The van der Waals surface area contributed by atoms with Crippen molar-refractivity contribution in [3.8, 4) is 0 Å². The number of benzene rings is 2. The molecular formula is C18H19Cl2N3O3. The number of non-ortho nitro benzene ring substituents is 1. The van der Waals surface area contributed by atoms with Gasteiger partial charge in [0.15, 0.2) is 0 Å². The van der Waals surface area contributed by atoms with Crippen LogP contribution in [0.5, 0.6) is 0 Å². The zero-order valence-electron chi connectivity index (χ0n) is 14.1. The highest BCUT2D eigenvalue weighted by Gasteiger charge is 2.30. The first kappa shape index (κ1) is 20.2. The molecule has 0 spiro atoms. The summed E-state index contributed by atoms with van der Waals surface area (Å²) in [7, 11) is 0. The van der Waals surface area contributed by atoms with Crippen LogP contribution in [0.4, 0.5) is 5.69 Å². The molecular weight excluding hydrogens is 377 g/mol. The summed E-state index contributed by atoms with van der Waals surface area (Å²) in [6.07, 6.45) is 0. The molecule has 1 aliphatic heterocycles. The summed E-state index contributed by atoms with van der Waals surface area (Å²) >= 11 is 6.31. The Bertz CT molecular complexity index is 829. The summed E-state index contributed by atoms with van der Waals surface area (Å²) < 4.78 is 0. The molecule has 2 aromatic carbocycles. The van der Waals surface area contributed by atoms with Gasteiger partial charge >= 0.3 is 0 Å². The molecule has 0 saturated carbocycles. The number of nitrogens with zero attached hydrogens (tertiary/aromatic N) is 2. The molecule has 3 rings (SSSR count). The lowest BCUT2D eigenvalue weighted by Crippen LogP contribution is -2.48. The van der Waals surface area contributed by atoms with Crippen LogP contribution in [0.2, 0.25) is 5.02 Å². The lowest BCUT2D eigenvalue weighted by Gasteiger charge is -2.37. The predicted octanol–water partition coefficient (Wildman–Crippen LogP) is 3.77. The Morgan fingerprint density at radius 1 is 1.31 bits per heavy atom. The molecule has 1 aliphatic rings. The van der Waals surface area contributed by atoms with Crippen LogP contribution in [0.25, 0.3) is 0 Å². The minimum atomic E-state index is -0.479. The molecule has 138 valence electrons. The van der Waals surface area contributed by atoms with Crippen LogP contribution >= 0.6 is 24.0 Å². The highest BCUT2D eigenvalue weighted by Crippen LogP contribution is 2.30. The maximum absolute atomic E-state index is 13.1. The smallest absolute Gasteiger partial charge is 0.270 e. The van der Waals surface area contributed by atoms with Crippen LogP contribution in [-0.2, 0) is 0 Å². The average molecular weight is 396 g/mol. The van der Waals surface area contributed by atoms with E-state index in [1.807, 2.05) is 18.2 Å². The number of nitro groups is 1. The molecule has 1 fully saturated rings. The molecule has 0 radical (unpaired) electrons. The Balaban J connectivity index is 0.00000243. The minimum absolute atomic E-state index is 0. The van der Waals surface area contributed by atoms with E-state index in [0.717, 1.165) is 5.56 Å². The van der Waals surface area contributed by atoms with E-state index >= 15 is 0 Å². The van der Waals surface area contributed by atoms with Crippen LogP contribution < -0.4 is 5.32 Å². The summed E-state index contributed by atoms with van der Waals surface area (Å²) in [5.41, 5.74) is 1.80. The van der Waals surface area contributed by atoms with Gasteiger partial charge in [0, 0.05) is 42.4 Å². The molecule has 8 heteroatoms. The quantitative estimate of drug-likeness (QED) is 0.633. The van der Waals surface area contributed by atoms with E-state index in [2.05, 4.69) is 5.32 Å². The highest BCUT2D eigenvalue weighted by atomic mass is 35.5. The maximum Gasteiger partial charge on any atom is 0.270 e. The Kier molecular flexibility index (Phi) is 6.58. The predicted molar refractivity (Wildman–Crippen MR) is 103 cm³/mol. The van der Waals surface area contributed by atoms with Crippen molar-refractivity contribution < 1.29 is 9.72 Å². The Morgan fingerprint density at radius 2 is 2.04 bits per heavy atom. The van der Waals surface area contributed by atoms with Crippen molar-refractivity contribution in [1.82, 2.24) is 10.2 Å². The van der Waals surface area contributed by atoms with E-state index in [1.54, 1.807) is 24.0 Å². The molecule has 0 aromatic heterocycles. The van der Waals surface area contributed by atoms with Crippen LogP contribution in [0.15, 0.2) is 42.5 Å². The monoisotopic (exact) mass is 395 g/mol. The number of carbonyl (C=O) groups excluding carboxylic acids is 1. The largest absolute Gasteiger partial charge is 0.329 e. The average Bonchev–Trinajstić information content (AvgIpc) is 2.61. The molecule has 6 nitrogen and oxygen atoms in total. The molecule has 26 heavy (non-hydrogen) atoms. The number of nitro benzene ring substituents is 1. The van der Waals surface area contributed by atoms with Crippen molar-refractivity contribution in [2.75, 3.05) is 19.6 Å². The van der Waals surface area contributed by atoms with E-state index in [9.17, 15) is 14.9 Å². The van der Waals surface area contributed by atoms with Crippen LogP contribution in [-0.4, -0.2) is 35.4 Å². The van der Waals surface area contributed by atoms with Gasteiger partial charge < -0.3 is 10.2 Å². The van der Waals surface area contributed by atoms with Gasteiger partial charge in [-0.15, -0.1) is 12.4 Å². The molecule has 1 N–H and O–H groups in total. The first-order valence-corrected chi connectivity index (χ1v) is 8.37. The maximum atomic E-state index is 13.1. The molecule has 1 saturated heterocycles. The first-order valence-electron chi connectivity index (χ1n) is 7.99. The number of aryl methyl sites for hydroxylation is 1. The van der Waals surface area contributed by atoms with Crippen LogP contribution in [0, 0.1) is 17.0 Å². The normalized spacial score (nSPS) is 16.7. The number of carbonyl (C=O) groups is 1. The fourth-order valence-electron chi connectivity index (χ4n) is 3.13. The summed E-state index contributed by atoms with van der Waals surface area (Å²) in [4.78, 5) is 25.4. The molecule has 1 amide bonds. The fourth-order valence-corrected chi connectivity index (χ4v) is 3.39. The summed E-state index contributed by atoms with van der Waals surface area (Å²) in [5, 5.41) is 15.0. The van der Waals surface area contributed by atoms with E-state index in [1.165, 1.54) is 12.1 Å². The number of nitrogens with one attached hydrogen (secondary N) is 1. The van der Waals surface area contributed by atoms with Gasteiger partial charge in [0.1, 0.15) is 0 Å². The summed E-state index contributed by atoms with van der Waals surface area (Å²) in [6.45, 7) is 3.51. The van der Waals surface area contributed by atoms with E-state index in [-0.39, 0.29) is 30.0 Å². The molecule has 0 bridgehead atoms. The second-order valence-corrected chi connectivity index (χ2v) is 6.46. The Morgan fingerprint density at radius 3 is 2.73 bits per heavy atom. The Labute approximate surface area is 162 Å². The summed E-state index contributed by atoms with van der Waals surface area (Å²) in [5.74, 6) is -0.224. The van der Waals surface area contributed by atoms with E-state index in [4.69, 9.17) is 11.6 Å². The molecule has 1 atom stereocenters.